The number of fused-ring (bicyclic) bond motifs is 1. The number of aromatic nitrogens is 2. The number of nitrogens with one attached hydrogen (secondary N) is 1. The number of nitriles is 1. The van der Waals surface area contributed by atoms with Crippen LogP contribution in [-0.4, -0.2) is 41.2 Å². The lowest BCUT2D eigenvalue weighted by Crippen LogP contribution is -2.46. The molecule has 1 aliphatic heterocycles. The Bertz CT molecular complexity index is 1680. The van der Waals surface area contributed by atoms with Gasteiger partial charge in [0.1, 0.15) is 11.5 Å². The predicted octanol–water partition coefficient (Wildman–Crippen LogP) is 4.66. The second-order valence-electron chi connectivity index (χ2n) is 9.13. The molecule has 36 heavy (non-hydrogen) atoms. The molecular weight excluding hydrogens is 503 g/mol. The molecular formula is C26H20ClFN4O3S. The van der Waals surface area contributed by atoms with Crippen molar-refractivity contribution in [1.82, 2.24) is 15.1 Å². The number of hydrogen-bond donors (Lipinski definition) is 1. The summed E-state index contributed by atoms with van der Waals surface area (Å²) in [4.78, 5) is 13.1. The van der Waals surface area contributed by atoms with E-state index >= 15 is 0 Å². The molecule has 1 amide bonds. The molecule has 1 aromatic heterocycles. The van der Waals surface area contributed by atoms with E-state index in [-0.39, 0.29) is 11.5 Å². The number of amides is 1. The Morgan fingerprint density at radius 3 is 2.58 bits per heavy atom. The Labute approximate surface area is 212 Å². The first-order valence-corrected chi connectivity index (χ1v) is 13.3. The molecule has 1 fully saturated rings. The molecule has 0 saturated carbocycles. The summed E-state index contributed by atoms with van der Waals surface area (Å²) in [6, 6.07) is 17.7. The van der Waals surface area contributed by atoms with E-state index in [1.807, 2.05) is 0 Å². The van der Waals surface area contributed by atoms with Crippen LogP contribution in [0.4, 0.5) is 4.39 Å². The molecule has 0 bridgehead atoms. The highest BCUT2D eigenvalue weighted by Crippen LogP contribution is 2.35. The molecule has 7 nitrogen and oxygen atoms in total. The fourth-order valence-electron chi connectivity index (χ4n) is 4.47. The zero-order valence-electron chi connectivity index (χ0n) is 19.1. The van der Waals surface area contributed by atoms with Crippen molar-refractivity contribution in [2.24, 2.45) is 0 Å². The van der Waals surface area contributed by atoms with Gasteiger partial charge in [0.05, 0.1) is 44.9 Å². The van der Waals surface area contributed by atoms with Crippen molar-refractivity contribution in [1.29, 1.82) is 5.26 Å². The average Bonchev–Trinajstić information content (AvgIpc) is 3.35. The van der Waals surface area contributed by atoms with Gasteiger partial charge in [-0.05, 0) is 74.0 Å². The molecule has 5 rings (SSSR count). The third-order valence-electron chi connectivity index (χ3n) is 6.28. The SMILES string of the molecule is CC1(NC(=O)c2ccc3c(-c4cc(C#N)ccc4Cl)nn(-c4ccc(F)cc4)c3c2)CCS(=O)(=O)C1. The number of sulfone groups is 1. The number of halogens is 2. The molecule has 0 spiro atoms. The monoisotopic (exact) mass is 522 g/mol. The Morgan fingerprint density at radius 2 is 1.92 bits per heavy atom. The van der Waals surface area contributed by atoms with Gasteiger partial charge in [-0.1, -0.05) is 11.6 Å². The van der Waals surface area contributed by atoms with E-state index in [9.17, 15) is 22.9 Å². The Morgan fingerprint density at radius 1 is 1.17 bits per heavy atom. The number of nitrogens with zero attached hydrogens (tertiary/aromatic N) is 3. The van der Waals surface area contributed by atoms with Gasteiger partial charge in [-0.3, -0.25) is 4.79 Å². The van der Waals surface area contributed by atoms with Crippen LogP contribution >= 0.6 is 11.6 Å². The van der Waals surface area contributed by atoms with Gasteiger partial charge in [-0.25, -0.2) is 17.5 Å². The first kappa shape index (κ1) is 24.0. The first-order chi connectivity index (χ1) is 17.1. The maximum Gasteiger partial charge on any atom is 0.251 e. The van der Waals surface area contributed by atoms with E-state index in [0.717, 1.165) is 0 Å². The van der Waals surface area contributed by atoms with Crippen LogP contribution in [0.2, 0.25) is 5.02 Å². The van der Waals surface area contributed by atoms with Crippen LogP contribution in [-0.2, 0) is 9.84 Å². The van der Waals surface area contributed by atoms with Crippen LogP contribution in [0.1, 0.15) is 29.3 Å². The molecule has 1 aliphatic rings. The summed E-state index contributed by atoms with van der Waals surface area (Å²) in [6.45, 7) is 1.72. The van der Waals surface area contributed by atoms with Crippen LogP contribution in [0.3, 0.4) is 0 Å². The van der Waals surface area contributed by atoms with Crippen molar-refractivity contribution >= 4 is 38.2 Å². The summed E-state index contributed by atoms with van der Waals surface area (Å²) in [5.41, 5.74) is 2.05. The largest absolute Gasteiger partial charge is 0.346 e. The van der Waals surface area contributed by atoms with Crippen molar-refractivity contribution in [2.45, 2.75) is 18.9 Å². The number of carbonyl (C=O) groups excluding carboxylic acids is 1. The molecule has 1 atom stereocenters. The minimum Gasteiger partial charge on any atom is -0.346 e. The lowest BCUT2D eigenvalue weighted by atomic mass is 10.0. The maximum absolute atomic E-state index is 13.6. The Kier molecular flexibility index (Phi) is 5.81. The van der Waals surface area contributed by atoms with E-state index < -0.39 is 27.1 Å². The van der Waals surface area contributed by atoms with Crippen molar-refractivity contribution < 1.29 is 17.6 Å². The van der Waals surface area contributed by atoms with Gasteiger partial charge in [0.25, 0.3) is 5.91 Å². The molecule has 0 aliphatic carbocycles. The fraction of sp³-hybridized carbons (Fsp3) is 0.192. The summed E-state index contributed by atoms with van der Waals surface area (Å²) in [5.74, 6) is -0.889. The van der Waals surface area contributed by atoms with Crippen molar-refractivity contribution in [3.05, 3.63) is 82.6 Å². The Balaban J connectivity index is 1.64. The lowest BCUT2D eigenvalue weighted by molar-refractivity contribution is 0.0915. The second-order valence-corrected chi connectivity index (χ2v) is 11.7. The minimum atomic E-state index is -3.19. The van der Waals surface area contributed by atoms with Crippen LogP contribution in [0.15, 0.2) is 60.7 Å². The smallest absolute Gasteiger partial charge is 0.251 e. The van der Waals surface area contributed by atoms with E-state index in [2.05, 4.69) is 11.4 Å². The highest BCUT2D eigenvalue weighted by atomic mass is 35.5. The van der Waals surface area contributed by atoms with Gasteiger partial charge in [-0.2, -0.15) is 10.4 Å². The normalized spacial score (nSPS) is 18.7. The summed E-state index contributed by atoms with van der Waals surface area (Å²) in [6.07, 6.45) is 0.342. The minimum absolute atomic E-state index is 0.0338. The van der Waals surface area contributed by atoms with Gasteiger partial charge in [0, 0.05) is 16.5 Å². The molecule has 182 valence electrons. The number of rotatable bonds is 4. The van der Waals surface area contributed by atoms with E-state index in [0.29, 0.717) is 50.4 Å². The van der Waals surface area contributed by atoms with E-state index in [4.69, 9.17) is 16.7 Å². The maximum atomic E-state index is 13.6. The summed E-state index contributed by atoms with van der Waals surface area (Å²) >= 11 is 6.46. The lowest BCUT2D eigenvalue weighted by Gasteiger charge is -2.23. The summed E-state index contributed by atoms with van der Waals surface area (Å²) in [5, 5.41) is 18.0. The average molecular weight is 523 g/mol. The van der Waals surface area contributed by atoms with Crippen LogP contribution < -0.4 is 5.32 Å². The zero-order chi connectivity index (χ0) is 25.7. The molecule has 3 aromatic carbocycles. The molecule has 10 heteroatoms. The Hall–Kier alpha value is -3.74. The molecule has 4 aromatic rings. The van der Waals surface area contributed by atoms with Crippen LogP contribution in [0.5, 0.6) is 0 Å². The van der Waals surface area contributed by atoms with Gasteiger partial charge < -0.3 is 5.32 Å². The molecule has 1 unspecified atom stereocenters. The van der Waals surface area contributed by atoms with E-state index in [1.54, 1.807) is 60.1 Å². The standard InChI is InChI=1S/C26H20ClFN4O3S/c1-26(10-11-36(34,35)15-26)30-25(33)17-3-8-20-23(13-17)32(19-6-4-18(28)5-7-19)31-24(20)21-12-16(14-29)2-9-22(21)27/h2-9,12-13H,10-11,15H2,1H3,(H,30,33). The summed E-state index contributed by atoms with van der Waals surface area (Å²) in [7, 11) is -3.19. The topological polar surface area (TPSA) is 105 Å². The predicted molar refractivity (Wildman–Crippen MR) is 135 cm³/mol. The number of hydrogen-bond acceptors (Lipinski definition) is 5. The quantitative estimate of drug-likeness (QED) is 0.419. The van der Waals surface area contributed by atoms with Gasteiger partial charge in [-0.15, -0.1) is 0 Å². The molecule has 1 N–H and O–H groups in total. The summed E-state index contributed by atoms with van der Waals surface area (Å²) < 4.78 is 39.1. The molecule has 1 saturated heterocycles. The highest BCUT2D eigenvalue weighted by Gasteiger charge is 2.39. The van der Waals surface area contributed by atoms with Gasteiger partial charge >= 0.3 is 0 Å². The van der Waals surface area contributed by atoms with Crippen molar-refractivity contribution in [3.8, 4) is 23.0 Å². The highest BCUT2D eigenvalue weighted by molar-refractivity contribution is 7.91. The van der Waals surface area contributed by atoms with Crippen molar-refractivity contribution in [3.63, 3.8) is 0 Å². The fourth-order valence-corrected chi connectivity index (χ4v) is 6.77. The van der Waals surface area contributed by atoms with Crippen LogP contribution in [0.25, 0.3) is 27.8 Å². The first-order valence-electron chi connectivity index (χ1n) is 11.1. The van der Waals surface area contributed by atoms with Gasteiger partial charge in [0.15, 0.2) is 9.84 Å². The van der Waals surface area contributed by atoms with Crippen LogP contribution in [0, 0.1) is 17.1 Å². The zero-order valence-corrected chi connectivity index (χ0v) is 20.7. The second kappa shape index (κ2) is 8.73. The van der Waals surface area contributed by atoms with Crippen molar-refractivity contribution in [2.75, 3.05) is 11.5 Å². The van der Waals surface area contributed by atoms with E-state index in [1.165, 1.54) is 12.1 Å². The molecule has 2 heterocycles. The van der Waals surface area contributed by atoms with Gasteiger partial charge in [0.2, 0.25) is 0 Å². The third-order valence-corrected chi connectivity index (χ3v) is 8.52. The molecule has 0 radical (unpaired) electrons. The number of benzene rings is 3. The number of carbonyl (C=O) groups is 1. The third kappa shape index (κ3) is 4.45.